The molecule has 0 fully saturated rings. The molecule has 0 saturated heterocycles. The lowest BCUT2D eigenvalue weighted by atomic mass is 10.0. The Morgan fingerprint density at radius 2 is 1.85 bits per heavy atom. The molecule has 2 N–H and O–H groups in total. The summed E-state index contributed by atoms with van der Waals surface area (Å²) in [6.07, 6.45) is 1.41. The van der Waals surface area contributed by atoms with Crippen LogP contribution in [-0.4, -0.2) is 20.1 Å². The van der Waals surface area contributed by atoms with Crippen molar-refractivity contribution in [1.29, 1.82) is 5.26 Å². The van der Waals surface area contributed by atoms with Crippen LogP contribution in [0.2, 0.25) is 0 Å². The number of anilines is 2. The molecule has 0 aromatic heterocycles. The van der Waals surface area contributed by atoms with Crippen LogP contribution in [0.3, 0.4) is 0 Å². The molecule has 1 amide bonds. The van der Waals surface area contributed by atoms with Gasteiger partial charge in [-0.2, -0.15) is 5.26 Å². The van der Waals surface area contributed by atoms with E-state index in [4.69, 9.17) is 9.47 Å². The molecule has 2 aromatic carbocycles. The van der Waals surface area contributed by atoms with Gasteiger partial charge < -0.3 is 20.1 Å². The first-order valence-corrected chi connectivity index (χ1v) is 8.49. The molecule has 2 aromatic rings. The van der Waals surface area contributed by atoms with E-state index in [9.17, 15) is 10.1 Å². The molecular weight excluding hydrogens is 342 g/mol. The Labute approximate surface area is 159 Å². The van der Waals surface area contributed by atoms with Gasteiger partial charge >= 0.3 is 0 Å². The Morgan fingerprint density at radius 3 is 2.48 bits per heavy atom. The minimum atomic E-state index is -0.543. The van der Waals surface area contributed by atoms with Crippen molar-refractivity contribution in [3.05, 3.63) is 59.8 Å². The number of methoxy groups -OCH3 is 2. The predicted octanol–water partition coefficient (Wildman–Crippen LogP) is 4.29. The SMILES string of the molecule is COc1ccc(OC)c(NC(=O)/C(C#N)=C\Nc2ccccc2C(C)C)c1. The van der Waals surface area contributed by atoms with Gasteiger partial charge in [0.05, 0.1) is 19.9 Å². The number of para-hydroxylation sites is 1. The average Bonchev–Trinajstić information content (AvgIpc) is 2.68. The summed E-state index contributed by atoms with van der Waals surface area (Å²) >= 11 is 0. The molecule has 0 heterocycles. The molecule has 27 heavy (non-hydrogen) atoms. The highest BCUT2D eigenvalue weighted by atomic mass is 16.5. The smallest absolute Gasteiger partial charge is 0.267 e. The molecule has 0 unspecified atom stereocenters. The third-order valence-electron chi connectivity index (χ3n) is 3.97. The summed E-state index contributed by atoms with van der Waals surface area (Å²) in [5, 5.41) is 15.1. The molecule has 2 rings (SSSR count). The topological polar surface area (TPSA) is 83.4 Å². The molecule has 0 aliphatic carbocycles. The van der Waals surface area contributed by atoms with Crippen molar-refractivity contribution in [3.8, 4) is 17.6 Å². The molecule has 6 heteroatoms. The molecule has 140 valence electrons. The lowest BCUT2D eigenvalue weighted by Gasteiger charge is -2.13. The van der Waals surface area contributed by atoms with Crippen molar-refractivity contribution in [1.82, 2.24) is 0 Å². The standard InChI is InChI=1S/C21H23N3O3/c1-14(2)17-7-5-6-8-18(17)23-13-15(12-22)21(25)24-19-11-16(26-3)9-10-20(19)27-4/h5-11,13-14,23H,1-4H3,(H,24,25)/b15-13-. The Balaban J connectivity index is 2.22. The van der Waals surface area contributed by atoms with E-state index in [1.54, 1.807) is 18.2 Å². The summed E-state index contributed by atoms with van der Waals surface area (Å²) in [5.74, 6) is 0.804. The van der Waals surface area contributed by atoms with Crippen molar-refractivity contribution < 1.29 is 14.3 Å². The molecular formula is C21H23N3O3. The molecule has 0 saturated carbocycles. The second-order valence-electron chi connectivity index (χ2n) is 6.08. The Kier molecular flexibility index (Phi) is 6.84. The number of nitrogens with one attached hydrogen (secondary N) is 2. The van der Waals surface area contributed by atoms with Crippen molar-refractivity contribution in [2.24, 2.45) is 0 Å². The van der Waals surface area contributed by atoms with Crippen LogP contribution in [0.4, 0.5) is 11.4 Å². The molecule has 0 aliphatic rings. The molecule has 6 nitrogen and oxygen atoms in total. The maximum absolute atomic E-state index is 12.5. The van der Waals surface area contributed by atoms with Gasteiger partial charge in [-0.25, -0.2) is 0 Å². The number of ether oxygens (including phenoxy) is 2. The fraction of sp³-hybridized carbons (Fsp3) is 0.238. The minimum absolute atomic E-state index is 0.0570. The minimum Gasteiger partial charge on any atom is -0.497 e. The van der Waals surface area contributed by atoms with E-state index >= 15 is 0 Å². The van der Waals surface area contributed by atoms with Gasteiger partial charge in [-0.05, 0) is 29.7 Å². The summed E-state index contributed by atoms with van der Waals surface area (Å²) in [7, 11) is 3.03. The molecule has 0 aliphatic heterocycles. The predicted molar refractivity (Wildman–Crippen MR) is 106 cm³/mol. The van der Waals surface area contributed by atoms with Crippen LogP contribution in [0.25, 0.3) is 0 Å². The summed E-state index contributed by atoms with van der Waals surface area (Å²) in [6.45, 7) is 4.16. The number of amides is 1. The zero-order valence-corrected chi connectivity index (χ0v) is 15.9. The number of hydrogen-bond donors (Lipinski definition) is 2. The van der Waals surface area contributed by atoms with Crippen molar-refractivity contribution in [2.75, 3.05) is 24.9 Å². The van der Waals surface area contributed by atoms with Crippen molar-refractivity contribution in [2.45, 2.75) is 19.8 Å². The summed E-state index contributed by atoms with van der Waals surface area (Å²) in [5.41, 5.74) is 2.32. The van der Waals surface area contributed by atoms with E-state index < -0.39 is 5.91 Å². The van der Waals surface area contributed by atoms with E-state index in [0.717, 1.165) is 11.3 Å². The Hall–Kier alpha value is -3.46. The lowest BCUT2D eigenvalue weighted by Crippen LogP contribution is -2.15. The second kappa shape index (κ2) is 9.30. The maximum Gasteiger partial charge on any atom is 0.267 e. The monoisotopic (exact) mass is 365 g/mol. The van der Waals surface area contributed by atoms with Gasteiger partial charge in [0.1, 0.15) is 23.1 Å². The van der Waals surface area contributed by atoms with E-state index in [1.807, 2.05) is 30.3 Å². The third-order valence-corrected chi connectivity index (χ3v) is 3.97. The Bertz CT molecular complexity index is 882. The first kappa shape index (κ1) is 19.9. The van der Waals surface area contributed by atoms with Crippen LogP contribution in [0.1, 0.15) is 25.3 Å². The number of nitrogens with zero attached hydrogens (tertiary/aromatic N) is 1. The van der Waals surface area contributed by atoms with E-state index in [2.05, 4.69) is 24.5 Å². The van der Waals surface area contributed by atoms with Gasteiger partial charge in [-0.15, -0.1) is 0 Å². The number of nitriles is 1. The highest BCUT2D eigenvalue weighted by Gasteiger charge is 2.14. The van der Waals surface area contributed by atoms with Crippen LogP contribution in [0, 0.1) is 11.3 Å². The van der Waals surface area contributed by atoms with E-state index in [1.165, 1.54) is 20.4 Å². The number of carbonyl (C=O) groups is 1. The summed E-state index contributed by atoms with van der Waals surface area (Å²) in [6, 6.07) is 14.7. The quantitative estimate of drug-likeness (QED) is 0.565. The first-order chi connectivity index (χ1) is 13.0. The van der Waals surface area contributed by atoms with Crippen molar-refractivity contribution >= 4 is 17.3 Å². The normalized spacial score (nSPS) is 10.9. The van der Waals surface area contributed by atoms with E-state index in [-0.39, 0.29) is 5.57 Å². The van der Waals surface area contributed by atoms with Gasteiger partial charge in [0, 0.05) is 18.0 Å². The van der Waals surface area contributed by atoms with Crippen LogP contribution in [-0.2, 0) is 4.79 Å². The first-order valence-electron chi connectivity index (χ1n) is 8.49. The number of rotatable bonds is 7. The molecule has 0 radical (unpaired) electrons. The number of carbonyl (C=O) groups excluding carboxylic acids is 1. The van der Waals surface area contributed by atoms with Crippen LogP contribution in [0.15, 0.2) is 54.2 Å². The van der Waals surface area contributed by atoms with Crippen LogP contribution < -0.4 is 20.1 Å². The van der Waals surface area contributed by atoms with Gasteiger partial charge in [0.25, 0.3) is 5.91 Å². The molecule has 0 atom stereocenters. The van der Waals surface area contributed by atoms with Gasteiger partial charge in [0.2, 0.25) is 0 Å². The van der Waals surface area contributed by atoms with Crippen LogP contribution >= 0.6 is 0 Å². The van der Waals surface area contributed by atoms with Crippen LogP contribution in [0.5, 0.6) is 11.5 Å². The van der Waals surface area contributed by atoms with Gasteiger partial charge in [-0.3, -0.25) is 4.79 Å². The Morgan fingerprint density at radius 1 is 1.11 bits per heavy atom. The third kappa shape index (κ3) is 5.02. The number of benzene rings is 2. The zero-order valence-electron chi connectivity index (χ0n) is 15.9. The fourth-order valence-electron chi connectivity index (χ4n) is 2.53. The molecule has 0 bridgehead atoms. The van der Waals surface area contributed by atoms with Gasteiger partial charge in [-0.1, -0.05) is 32.0 Å². The zero-order chi connectivity index (χ0) is 19.8. The van der Waals surface area contributed by atoms with E-state index in [0.29, 0.717) is 23.1 Å². The van der Waals surface area contributed by atoms with Gasteiger partial charge in [0.15, 0.2) is 0 Å². The van der Waals surface area contributed by atoms with Crippen molar-refractivity contribution in [3.63, 3.8) is 0 Å². The highest BCUT2D eigenvalue weighted by molar-refractivity contribution is 6.07. The maximum atomic E-state index is 12.5. The summed E-state index contributed by atoms with van der Waals surface area (Å²) < 4.78 is 10.4. The second-order valence-corrected chi connectivity index (χ2v) is 6.08. The highest BCUT2D eigenvalue weighted by Crippen LogP contribution is 2.29. The average molecular weight is 365 g/mol. The summed E-state index contributed by atoms with van der Waals surface area (Å²) in [4.78, 5) is 12.5. The fourth-order valence-corrected chi connectivity index (χ4v) is 2.53. The molecule has 0 spiro atoms. The largest absolute Gasteiger partial charge is 0.497 e. The number of hydrogen-bond acceptors (Lipinski definition) is 5. The lowest BCUT2D eigenvalue weighted by molar-refractivity contribution is -0.112.